The van der Waals surface area contributed by atoms with Gasteiger partial charge < -0.3 is 15.2 Å². The van der Waals surface area contributed by atoms with Gasteiger partial charge in [-0.3, -0.25) is 14.6 Å². The molecule has 1 aliphatic heterocycles. The molecule has 0 bridgehead atoms. The number of rotatable bonds is 5. The largest absolute Gasteiger partial charge is 0.480 e. The van der Waals surface area contributed by atoms with Gasteiger partial charge in [0, 0.05) is 39.3 Å². The van der Waals surface area contributed by atoms with Crippen LogP contribution in [0.1, 0.15) is 20.8 Å². The van der Waals surface area contributed by atoms with Crippen molar-refractivity contribution in [2.24, 2.45) is 0 Å². The van der Waals surface area contributed by atoms with E-state index in [1.54, 1.807) is 0 Å². The zero-order valence-corrected chi connectivity index (χ0v) is 12.5. The van der Waals surface area contributed by atoms with Gasteiger partial charge in [-0.2, -0.15) is 0 Å². The van der Waals surface area contributed by atoms with Crippen LogP contribution in [-0.2, 0) is 9.53 Å². The molecule has 7 nitrogen and oxygen atoms in total. The molecule has 1 heterocycles. The lowest BCUT2D eigenvalue weighted by molar-refractivity contribution is -0.138. The van der Waals surface area contributed by atoms with E-state index in [0.29, 0.717) is 6.54 Å². The maximum atomic E-state index is 11.4. The number of carboxylic acid groups (broad SMARTS) is 1. The second-order valence-electron chi connectivity index (χ2n) is 5.94. The van der Waals surface area contributed by atoms with Crippen LogP contribution in [0.5, 0.6) is 0 Å². The number of nitrogens with zero attached hydrogens (tertiary/aromatic N) is 2. The van der Waals surface area contributed by atoms with Crippen LogP contribution in [0.15, 0.2) is 0 Å². The molecule has 0 aliphatic carbocycles. The van der Waals surface area contributed by atoms with Gasteiger partial charge in [0.2, 0.25) is 0 Å². The highest BCUT2D eigenvalue weighted by Crippen LogP contribution is 2.06. The highest BCUT2D eigenvalue weighted by molar-refractivity contribution is 5.69. The number of piperazine rings is 1. The van der Waals surface area contributed by atoms with Crippen molar-refractivity contribution in [1.29, 1.82) is 0 Å². The zero-order valence-electron chi connectivity index (χ0n) is 12.5. The van der Waals surface area contributed by atoms with Crippen LogP contribution in [0, 0.1) is 0 Å². The maximum Gasteiger partial charge on any atom is 0.407 e. The van der Waals surface area contributed by atoms with Gasteiger partial charge in [0.25, 0.3) is 0 Å². The van der Waals surface area contributed by atoms with Gasteiger partial charge in [-0.25, -0.2) is 4.79 Å². The molecule has 1 saturated heterocycles. The van der Waals surface area contributed by atoms with Crippen molar-refractivity contribution in [2.75, 3.05) is 45.8 Å². The van der Waals surface area contributed by atoms with Crippen molar-refractivity contribution < 1.29 is 19.4 Å². The Labute approximate surface area is 119 Å². The highest BCUT2D eigenvalue weighted by atomic mass is 16.6. The van der Waals surface area contributed by atoms with Crippen molar-refractivity contribution in [3.63, 3.8) is 0 Å². The van der Waals surface area contributed by atoms with E-state index in [2.05, 4.69) is 10.2 Å². The Hall–Kier alpha value is -1.34. The summed E-state index contributed by atoms with van der Waals surface area (Å²) in [5, 5.41) is 11.4. The average molecular weight is 287 g/mol. The summed E-state index contributed by atoms with van der Waals surface area (Å²) in [6.07, 6.45) is -0.401. The number of carbonyl (C=O) groups excluding carboxylic acids is 1. The highest BCUT2D eigenvalue weighted by Gasteiger charge is 2.19. The van der Waals surface area contributed by atoms with E-state index in [1.807, 2.05) is 25.7 Å². The molecule has 0 radical (unpaired) electrons. The molecular formula is C13H25N3O4. The molecule has 7 heteroatoms. The third-order valence-electron chi connectivity index (χ3n) is 2.92. The molecular weight excluding hydrogens is 262 g/mol. The number of nitrogens with one attached hydrogen (secondary N) is 1. The maximum absolute atomic E-state index is 11.4. The van der Waals surface area contributed by atoms with Crippen LogP contribution in [0.4, 0.5) is 4.79 Å². The number of alkyl carbamates (subject to hydrolysis) is 1. The third-order valence-corrected chi connectivity index (χ3v) is 2.92. The van der Waals surface area contributed by atoms with Crippen LogP contribution in [0.3, 0.4) is 0 Å². The van der Waals surface area contributed by atoms with E-state index in [9.17, 15) is 9.59 Å². The van der Waals surface area contributed by atoms with Gasteiger partial charge in [0.15, 0.2) is 0 Å². The summed E-state index contributed by atoms with van der Waals surface area (Å²) in [5.41, 5.74) is -0.480. The molecule has 1 amide bonds. The Morgan fingerprint density at radius 2 is 1.70 bits per heavy atom. The predicted molar refractivity (Wildman–Crippen MR) is 74.8 cm³/mol. The van der Waals surface area contributed by atoms with Gasteiger partial charge in [-0.1, -0.05) is 0 Å². The van der Waals surface area contributed by atoms with E-state index in [0.717, 1.165) is 32.7 Å². The standard InChI is InChI=1S/C13H25N3O4/c1-13(2,3)20-12(19)14-4-5-15-6-8-16(9-7-15)10-11(17)18/h4-10H2,1-3H3,(H,14,19)(H,17,18). The lowest BCUT2D eigenvalue weighted by atomic mass is 10.2. The molecule has 1 rings (SSSR count). The van der Waals surface area contributed by atoms with Gasteiger partial charge in [0.05, 0.1) is 6.54 Å². The van der Waals surface area contributed by atoms with Gasteiger partial charge in [-0.15, -0.1) is 0 Å². The first-order valence-electron chi connectivity index (χ1n) is 6.89. The summed E-state index contributed by atoms with van der Waals surface area (Å²) in [6, 6.07) is 0. The van der Waals surface area contributed by atoms with Gasteiger partial charge in [-0.05, 0) is 20.8 Å². The minimum atomic E-state index is -0.787. The predicted octanol–water partition coefficient (Wildman–Crippen LogP) is 0.213. The molecule has 0 saturated carbocycles. The summed E-state index contributed by atoms with van der Waals surface area (Å²) in [6.45, 7) is 10.0. The van der Waals surface area contributed by atoms with Crippen LogP contribution in [-0.4, -0.2) is 78.4 Å². The quantitative estimate of drug-likeness (QED) is 0.752. The second kappa shape index (κ2) is 7.44. The van der Waals surface area contributed by atoms with Crippen LogP contribution in [0.2, 0.25) is 0 Å². The average Bonchev–Trinajstić information content (AvgIpc) is 2.28. The smallest absolute Gasteiger partial charge is 0.407 e. The van der Waals surface area contributed by atoms with Gasteiger partial charge >= 0.3 is 12.1 Å². The van der Waals surface area contributed by atoms with E-state index in [4.69, 9.17) is 9.84 Å². The minimum absolute atomic E-state index is 0.101. The topological polar surface area (TPSA) is 82.1 Å². The Balaban J connectivity index is 2.12. The van der Waals surface area contributed by atoms with Crippen LogP contribution in [0.25, 0.3) is 0 Å². The molecule has 0 atom stereocenters. The minimum Gasteiger partial charge on any atom is -0.480 e. The number of amides is 1. The van der Waals surface area contributed by atoms with Crippen molar-refractivity contribution in [3.8, 4) is 0 Å². The van der Waals surface area contributed by atoms with Crippen molar-refractivity contribution >= 4 is 12.1 Å². The second-order valence-corrected chi connectivity index (χ2v) is 5.94. The first-order valence-corrected chi connectivity index (χ1v) is 6.89. The Bertz CT molecular complexity index is 333. The molecule has 116 valence electrons. The molecule has 0 spiro atoms. The van der Waals surface area contributed by atoms with E-state index < -0.39 is 17.7 Å². The fourth-order valence-corrected chi connectivity index (χ4v) is 1.99. The molecule has 20 heavy (non-hydrogen) atoms. The number of carboxylic acids is 1. The summed E-state index contributed by atoms with van der Waals surface area (Å²) >= 11 is 0. The summed E-state index contributed by atoms with van der Waals surface area (Å²) in [5.74, 6) is -0.787. The van der Waals surface area contributed by atoms with Crippen LogP contribution < -0.4 is 5.32 Å². The monoisotopic (exact) mass is 287 g/mol. The van der Waals surface area contributed by atoms with E-state index in [-0.39, 0.29) is 6.54 Å². The molecule has 0 aromatic carbocycles. The molecule has 1 aliphatic rings. The summed E-state index contributed by atoms with van der Waals surface area (Å²) in [7, 11) is 0. The SMILES string of the molecule is CC(C)(C)OC(=O)NCCN1CCN(CC(=O)O)CC1. The number of hydrogen-bond donors (Lipinski definition) is 2. The normalized spacial score (nSPS) is 17.8. The molecule has 1 fully saturated rings. The van der Waals surface area contributed by atoms with Crippen LogP contribution >= 0.6 is 0 Å². The molecule has 0 aromatic rings. The Morgan fingerprint density at radius 1 is 1.15 bits per heavy atom. The fraction of sp³-hybridized carbons (Fsp3) is 0.846. The first-order chi connectivity index (χ1) is 9.26. The summed E-state index contributed by atoms with van der Waals surface area (Å²) < 4.78 is 5.15. The summed E-state index contributed by atoms with van der Waals surface area (Å²) in [4.78, 5) is 26.2. The zero-order chi connectivity index (χ0) is 15.2. The van der Waals surface area contributed by atoms with Crippen molar-refractivity contribution in [3.05, 3.63) is 0 Å². The van der Waals surface area contributed by atoms with Crippen molar-refractivity contribution in [1.82, 2.24) is 15.1 Å². The number of ether oxygens (including phenoxy) is 1. The van der Waals surface area contributed by atoms with E-state index >= 15 is 0 Å². The first kappa shape index (κ1) is 16.7. The third kappa shape index (κ3) is 7.30. The molecule has 2 N–H and O–H groups in total. The number of hydrogen-bond acceptors (Lipinski definition) is 5. The molecule has 0 aromatic heterocycles. The Morgan fingerprint density at radius 3 is 2.20 bits per heavy atom. The fourth-order valence-electron chi connectivity index (χ4n) is 1.99. The van der Waals surface area contributed by atoms with Crippen molar-refractivity contribution in [2.45, 2.75) is 26.4 Å². The lowest BCUT2D eigenvalue weighted by Crippen LogP contribution is -2.49. The lowest BCUT2D eigenvalue weighted by Gasteiger charge is -2.33. The van der Waals surface area contributed by atoms with E-state index in [1.165, 1.54) is 0 Å². The van der Waals surface area contributed by atoms with Gasteiger partial charge in [0.1, 0.15) is 5.60 Å². The Kier molecular flexibility index (Phi) is 6.22. The number of carbonyl (C=O) groups is 2. The molecule has 0 unspecified atom stereocenters. The number of aliphatic carboxylic acids is 1.